The van der Waals surface area contributed by atoms with Gasteiger partial charge in [-0.2, -0.15) is 0 Å². The van der Waals surface area contributed by atoms with Gasteiger partial charge in [-0.15, -0.1) is 0 Å². The van der Waals surface area contributed by atoms with Gasteiger partial charge in [-0.3, -0.25) is 14.5 Å². The number of nitrogens with one attached hydrogen (secondary N) is 2. The number of urea groups is 1. The minimum absolute atomic E-state index is 0.249. The van der Waals surface area contributed by atoms with Gasteiger partial charge in [-0.25, -0.2) is 4.79 Å². The summed E-state index contributed by atoms with van der Waals surface area (Å²) in [5, 5.41) is 5.70. The van der Waals surface area contributed by atoms with Crippen molar-refractivity contribution in [1.29, 1.82) is 0 Å². The molecule has 3 aliphatic rings. The molecular weight excluding hydrogens is 380 g/mol. The molecule has 30 heavy (non-hydrogen) atoms. The predicted octanol–water partition coefficient (Wildman–Crippen LogP) is 3.65. The minimum Gasteiger partial charge on any atom is -0.372 e. The van der Waals surface area contributed by atoms with E-state index in [0.717, 1.165) is 43.7 Å². The second-order valence-corrected chi connectivity index (χ2v) is 8.81. The molecule has 0 atom stereocenters. The van der Waals surface area contributed by atoms with Crippen LogP contribution in [0.15, 0.2) is 24.3 Å². The summed E-state index contributed by atoms with van der Waals surface area (Å²) in [6, 6.07) is 7.37. The Hall–Kier alpha value is -2.57. The number of nitrogens with zero attached hydrogens (tertiary/aromatic N) is 2. The number of amides is 4. The van der Waals surface area contributed by atoms with Crippen LogP contribution in [0.25, 0.3) is 0 Å². The molecule has 7 heteroatoms. The first-order valence-electron chi connectivity index (χ1n) is 11.4. The van der Waals surface area contributed by atoms with Crippen LogP contribution in [0, 0.1) is 0 Å². The number of anilines is 2. The average Bonchev–Trinajstić information content (AvgIpc) is 3.05. The van der Waals surface area contributed by atoms with Crippen LogP contribution in [-0.4, -0.2) is 47.9 Å². The molecule has 0 aromatic heterocycles. The van der Waals surface area contributed by atoms with E-state index in [1.54, 1.807) is 0 Å². The lowest BCUT2D eigenvalue weighted by Gasteiger charge is -2.24. The highest BCUT2D eigenvalue weighted by Crippen LogP contribution is 2.32. The van der Waals surface area contributed by atoms with Crippen molar-refractivity contribution in [3.05, 3.63) is 24.3 Å². The van der Waals surface area contributed by atoms with Crippen molar-refractivity contribution < 1.29 is 14.4 Å². The van der Waals surface area contributed by atoms with Gasteiger partial charge in [0.15, 0.2) is 0 Å². The molecule has 0 radical (unpaired) electrons. The molecule has 1 saturated carbocycles. The van der Waals surface area contributed by atoms with Crippen molar-refractivity contribution in [2.24, 2.45) is 0 Å². The second kappa shape index (κ2) is 9.06. The summed E-state index contributed by atoms with van der Waals surface area (Å²) in [6.45, 7) is 1.89. The maximum Gasteiger partial charge on any atom is 0.325 e. The van der Waals surface area contributed by atoms with E-state index < -0.39 is 11.6 Å². The van der Waals surface area contributed by atoms with Gasteiger partial charge in [0.2, 0.25) is 5.91 Å². The number of benzene rings is 1. The lowest BCUT2D eigenvalue weighted by atomic mass is 9.90. The zero-order chi connectivity index (χ0) is 21.0. The summed E-state index contributed by atoms with van der Waals surface area (Å²) in [6.07, 6.45) is 10.3. The van der Waals surface area contributed by atoms with Crippen LogP contribution >= 0.6 is 0 Å². The van der Waals surface area contributed by atoms with E-state index in [0.29, 0.717) is 18.5 Å². The van der Waals surface area contributed by atoms with Gasteiger partial charge in [0.1, 0.15) is 12.1 Å². The van der Waals surface area contributed by atoms with Crippen LogP contribution in [-0.2, 0) is 9.59 Å². The molecule has 2 N–H and O–H groups in total. The standard InChI is InChI=1S/C23H32N4O3/c28-20(17-27-21(29)23(25-22(27)30)13-5-1-2-6-14-23)24-18-9-11-19(12-10-18)26-15-7-3-4-8-16-26/h9-12H,1-8,13-17H2,(H,24,28)(H,25,30). The summed E-state index contributed by atoms with van der Waals surface area (Å²) < 4.78 is 0. The normalized spacial score (nSPS) is 21.9. The Morgan fingerprint density at radius 2 is 1.50 bits per heavy atom. The summed E-state index contributed by atoms with van der Waals surface area (Å²) in [5.41, 5.74) is 1.04. The Bertz CT molecular complexity index is 776. The molecule has 0 bridgehead atoms. The van der Waals surface area contributed by atoms with Crippen molar-refractivity contribution in [1.82, 2.24) is 10.2 Å². The Balaban J connectivity index is 1.35. The van der Waals surface area contributed by atoms with Gasteiger partial charge in [0.25, 0.3) is 5.91 Å². The first-order valence-corrected chi connectivity index (χ1v) is 11.4. The third kappa shape index (κ3) is 4.45. The highest BCUT2D eigenvalue weighted by atomic mass is 16.2. The third-order valence-corrected chi connectivity index (χ3v) is 6.63. The van der Waals surface area contributed by atoms with Crippen LogP contribution in [0.1, 0.15) is 64.2 Å². The molecule has 1 spiro atoms. The first kappa shape index (κ1) is 20.7. The zero-order valence-electron chi connectivity index (χ0n) is 17.6. The highest BCUT2D eigenvalue weighted by molar-refractivity contribution is 6.10. The second-order valence-electron chi connectivity index (χ2n) is 8.81. The molecule has 2 saturated heterocycles. The Kier molecular flexibility index (Phi) is 6.25. The van der Waals surface area contributed by atoms with Crippen LogP contribution in [0.3, 0.4) is 0 Å². The summed E-state index contributed by atoms with van der Waals surface area (Å²) in [4.78, 5) is 41.4. The number of carbonyl (C=O) groups excluding carboxylic acids is 3. The fourth-order valence-corrected chi connectivity index (χ4v) is 4.92. The number of hydrogen-bond acceptors (Lipinski definition) is 4. The van der Waals surface area contributed by atoms with E-state index in [4.69, 9.17) is 0 Å². The minimum atomic E-state index is -0.803. The van der Waals surface area contributed by atoms with Crippen LogP contribution < -0.4 is 15.5 Å². The number of carbonyl (C=O) groups is 3. The van der Waals surface area contributed by atoms with Crippen molar-refractivity contribution in [3.63, 3.8) is 0 Å². The Labute approximate surface area is 178 Å². The third-order valence-electron chi connectivity index (χ3n) is 6.63. The quantitative estimate of drug-likeness (QED) is 0.740. The number of hydrogen-bond donors (Lipinski definition) is 2. The lowest BCUT2D eigenvalue weighted by Crippen LogP contribution is -2.47. The van der Waals surface area contributed by atoms with Crippen molar-refractivity contribution in [2.75, 3.05) is 29.9 Å². The zero-order valence-corrected chi connectivity index (χ0v) is 17.6. The van der Waals surface area contributed by atoms with Gasteiger partial charge in [0.05, 0.1) is 0 Å². The molecule has 1 aliphatic carbocycles. The molecule has 1 aromatic carbocycles. The van der Waals surface area contributed by atoms with E-state index in [-0.39, 0.29) is 18.4 Å². The molecule has 162 valence electrons. The fourth-order valence-electron chi connectivity index (χ4n) is 4.92. The average molecular weight is 413 g/mol. The molecule has 0 unspecified atom stereocenters. The van der Waals surface area contributed by atoms with Gasteiger partial charge < -0.3 is 15.5 Å². The SMILES string of the molecule is O=C(CN1C(=O)NC2(CCCCCC2)C1=O)Nc1ccc(N2CCCCCC2)cc1. The molecule has 1 aromatic rings. The monoisotopic (exact) mass is 412 g/mol. The van der Waals surface area contributed by atoms with Crippen LogP contribution in [0.2, 0.25) is 0 Å². The Morgan fingerprint density at radius 3 is 2.13 bits per heavy atom. The number of rotatable bonds is 4. The van der Waals surface area contributed by atoms with Crippen LogP contribution in [0.4, 0.5) is 16.2 Å². The van der Waals surface area contributed by atoms with Gasteiger partial charge >= 0.3 is 6.03 Å². The number of imide groups is 1. The molecular formula is C23H32N4O3. The molecule has 4 rings (SSSR count). The molecule has 4 amide bonds. The predicted molar refractivity (Wildman–Crippen MR) is 116 cm³/mol. The first-order chi connectivity index (χ1) is 14.6. The molecule has 2 aliphatic heterocycles. The Morgan fingerprint density at radius 1 is 0.900 bits per heavy atom. The summed E-state index contributed by atoms with van der Waals surface area (Å²) in [7, 11) is 0. The maximum absolute atomic E-state index is 12.9. The van der Waals surface area contributed by atoms with Crippen molar-refractivity contribution in [3.8, 4) is 0 Å². The van der Waals surface area contributed by atoms with E-state index in [9.17, 15) is 14.4 Å². The summed E-state index contributed by atoms with van der Waals surface area (Å²) in [5.74, 6) is -0.604. The van der Waals surface area contributed by atoms with Gasteiger partial charge in [0, 0.05) is 24.5 Å². The van der Waals surface area contributed by atoms with Crippen molar-refractivity contribution >= 4 is 29.2 Å². The fraction of sp³-hybridized carbons (Fsp3) is 0.609. The smallest absolute Gasteiger partial charge is 0.325 e. The largest absolute Gasteiger partial charge is 0.372 e. The summed E-state index contributed by atoms with van der Waals surface area (Å²) >= 11 is 0. The highest BCUT2D eigenvalue weighted by Gasteiger charge is 2.51. The lowest BCUT2D eigenvalue weighted by molar-refractivity contribution is -0.134. The topological polar surface area (TPSA) is 81.8 Å². The van der Waals surface area contributed by atoms with E-state index in [1.807, 2.05) is 24.3 Å². The molecule has 7 nitrogen and oxygen atoms in total. The molecule has 2 heterocycles. The van der Waals surface area contributed by atoms with Gasteiger partial charge in [-0.1, -0.05) is 38.5 Å². The van der Waals surface area contributed by atoms with E-state index >= 15 is 0 Å². The van der Waals surface area contributed by atoms with E-state index in [1.165, 1.54) is 31.4 Å². The van der Waals surface area contributed by atoms with Gasteiger partial charge in [-0.05, 0) is 49.9 Å². The maximum atomic E-state index is 12.9. The van der Waals surface area contributed by atoms with Crippen LogP contribution in [0.5, 0.6) is 0 Å². The van der Waals surface area contributed by atoms with E-state index in [2.05, 4.69) is 15.5 Å². The van der Waals surface area contributed by atoms with Crippen molar-refractivity contribution in [2.45, 2.75) is 69.7 Å². The molecule has 3 fully saturated rings.